The van der Waals surface area contributed by atoms with Crippen molar-refractivity contribution in [2.45, 2.75) is 25.6 Å². The molecular formula is C6H15NO2. The first-order valence-corrected chi connectivity index (χ1v) is 3.23. The van der Waals surface area contributed by atoms with Gasteiger partial charge in [0.05, 0.1) is 12.2 Å². The summed E-state index contributed by atoms with van der Waals surface area (Å²) in [6, 6.07) is 0. The predicted molar refractivity (Wildman–Crippen MR) is 36.2 cm³/mol. The molecule has 0 aromatic heterocycles. The van der Waals surface area contributed by atoms with Gasteiger partial charge in [-0.2, -0.15) is 0 Å². The van der Waals surface area contributed by atoms with Gasteiger partial charge in [-0.1, -0.05) is 6.92 Å². The van der Waals surface area contributed by atoms with Crippen molar-refractivity contribution in [2.24, 2.45) is 0 Å². The summed E-state index contributed by atoms with van der Waals surface area (Å²) < 4.78 is 0. The molecule has 0 fully saturated rings. The van der Waals surface area contributed by atoms with Crippen LogP contribution in [0.1, 0.15) is 13.3 Å². The average molecular weight is 133 g/mol. The van der Waals surface area contributed by atoms with Crippen molar-refractivity contribution in [3.05, 3.63) is 0 Å². The number of aliphatic hydroxyl groups excluding tert-OH is 2. The zero-order valence-corrected chi connectivity index (χ0v) is 5.96. The van der Waals surface area contributed by atoms with E-state index in [0.717, 1.165) is 0 Å². The van der Waals surface area contributed by atoms with Gasteiger partial charge in [0.2, 0.25) is 0 Å². The average Bonchev–Trinajstić information content (AvgIpc) is 1.87. The third kappa shape index (κ3) is 3.46. The topological polar surface area (TPSA) is 52.5 Å². The van der Waals surface area contributed by atoms with Crippen LogP contribution >= 0.6 is 0 Å². The molecule has 2 atom stereocenters. The Kier molecular flexibility index (Phi) is 4.67. The summed E-state index contributed by atoms with van der Waals surface area (Å²) in [5.41, 5.74) is 0. The Morgan fingerprint density at radius 1 is 1.33 bits per heavy atom. The lowest BCUT2D eigenvalue weighted by atomic mass is 10.1. The smallest absolute Gasteiger partial charge is 0.0922 e. The number of hydrogen-bond donors (Lipinski definition) is 3. The maximum atomic E-state index is 9.01. The van der Waals surface area contributed by atoms with Crippen LogP contribution in [0.3, 0.4) is 0 Å². The van der Waals surface area contributed by atoms with Gasteiger partial charge in [-0.05, 0) is 13.5 Å². The van der Waals surface area contributed by atoms with E-state index in [9.17, 15) is 0 Å². The van der Waals surface area contributed by atoms with Crippen LogP contribution in [0.15, 0.2) is 0 Å². The lowest BCUT2D eigenvalue weighted by molar-refractivity contribution is 0.0194. The molecule has 0 aromatic rings. The van der Waals surface area contributed by atoms with Crippen LogP contribution in [-0.4, -0.2) is 36.0 Å². The second kappa shape index (κ2) is 4.73. The van der Waals surface area contributed by atoms with Crippen molar-refractivity contribution >= 4 is 0 Å². The van der Waals surface area contributed by atoms with Crippen LogP contribution in [0.5, 0.6) is 0 Å². The zero-order valence-electron chi connectivity index (χ0n) is 5.96. The minimum absolute atomic E-state index is 0.453. The summed E-state index contributed by atoms with van der Waals surface area (Å²) >= 11 is 0. The molecule has 0 spiro atoms. The van der Waals surface area contributed by atoms with Crippen molar-refractivity contribution in [1.29, 1.82) is 0 Å². The fourth-order valence-corrected chi connectivity index (χ4v) is 0.617. The summed E-state index contributed by atoms with van der Waals surface area (Å²) in [5, 5.41) is 20.7. The summed E-state index contributed by atoms with van der Waals surface area (Å²) in [6.07, 6.45) is -0.611. The molecule has 0 amide bonds. The van der Waals surface area contributed by atoms with Crippen LogP contribution in [0, 0.1) is 0 Å². The van der Waals surface area contributed by atoms with Crippen LogP contribution in [0.2, 0.25) is 0 Å². The molecule has 2 unspecified atom stereocenters. The zero-order chi connectivity index (χ0) is 7.28. The number of aliphatic hydroxyl groups is 2. The standard InChI is InChI=1S/C6H15NO2/c1-3-5(8)6(9)4-7-2/h5-9H,3-4H2,1-2H3. The quantitative estimate of drug-likeness (QED) is 0.477. The highest BCUT2D eigenvalue weighted by atomic mass is 16.3. The van der Waals surface area contributed by atoms with Gasteiger partial charge in [0.15, 0.2) is 0 Å². The predicted octanol–water partition coefficient (Wildman–Crippen LogP) is -0.662. The largest absolute Gasteiger partial charge is 0.390 e. The molecule has 0 saturated heterocycles. The summed E-state index contributed by atoms with van der Waals surface area (Å²) in [4.78, 5) is 0. The molecule has 0 radical (unpaired) electrons. The van der Waals surface area contributed by atoms with E-state index in [4.69, 9.17) is 10.2 Å². The SMILES string of the molecule is CCC(O)C(O)CNC. The number of nitrogens with one attached hydrogen (secondary N) is 1. The minimum Gasteiger partial charge on any atom is -0.390 e. The molecule has 0 aromatic carbocycles. The van der Waals surface area contributed by atoms with Gasteiger partial charge in [0.25, 0.3) is 0 Å². The molecular weight excluding hydrogens is 118 g/mol. The molecule has 3 nitrogen and oxygen atoms in total. The van der Waals surface area contributed by atoms with Gasteiger partial charge in [-0.15, -0.1) is 0 Å². The van der Waals surface area contributed by atoms with Gasteiger partial charge in [0, 0.05) is 6.54 Å². The Bertz CT molecular complexity index is 68.1. The Morgan fingerprint density at radius 3 is 2.22 bits per heavy atom. The van der Waals surface area contributed by atoms with E-state index in [1.165, 1.54) is 0 Å². The number of rotatable bonds is 4. The molecule has 0 aliphatic rings. The highest BCUT2D eigenvalue weighted by Gasteiger charge is 2.11. The summed E-state index contributed by atoms with van der Waals surface area (Å²) in [7, 11) is 1.74. The fraction of sp³-hybridized carbons (Fsp3) is 1.00. The first-order valence-electron chi connectivity index (χ1n) is 3.23. The van der Waals surface area contributed by atoms with Crippen molar-refractivity contribution in [2.75, 3.05) is 13.6 Å². The molecule has 0 rings (SSSR count). The van der Waals surface area contributed by atoms with Crippen molar-refractivity contribution in [3.63, 3.8) is 0 Å². The van der Waals surface area contributed by atoms with E-state index < -0.39 is 12.2 Å². The number of hydrogen-bond acceptors (Lipinski definition) is 3. The Balaban J connectivity index is 3.32. The van der Waals surface area contributed by atoms with Gasteiger partial charge < -0.3 is 15.5 Å². The third-order valence-electron chi connectivity index (χ3n) is 1.28. The molecule has 9 heavy (non-hydrogen) atoms. The fourth-order valence-electron chi connectivity index (χ4n) is 0.617. The molecule has 0 saturated carbocycles. The molecule has 0 aliphatic heterocycles. The van der Waals surface area contributed by atoms with Gasteiger partial charge in [-0.3, -0.25) is 0 Å². The first kappa shape index (κ1) is 8.88. The molecule has 0 heterocycles. The van der Waals surface area contributed by atoms with Gasteiger partial charge >= 0.3 is 0 Å². The monoisotopic (exact) mass is 133 g/mol. The Morgan fingerprint density at radius 2 is 1.89 bits per heavy atom. The molecule has 56 valence electrons. The second-order valence-electron chi connectivity index (χ2n) is 2.10. The summed E-state index contributed by atoms with van der Waals surface area (Å²) in [5.74, 6) is 0. The third-order valence-corrected chi connectivity index (χ3v) is 1.28. The van der Waals surface area contributed by atoms with Gasteiger partial charge in [0.1, 0.15) is 0 Å². The van der Waals surface area contributed by atoms with Crippen molar-refractivity contribution in [1.82, 2.24) is 5.32 Å². The highest BCUT2D eigenvalue weighted by Crippen LogP contribution is 1.95. The van der Waals surface area contributed by atoms with E-state index in [0.29, 0.717) is 13.0 Å². The van der Waals surface area contributed by atoms with E-state index in [2.05, 4.69) is 5.32 Å². The molecule has 0 aliphatic carbocycles. The van der Waals surface area contributed by atoms with Crippen molar-refractivity contribution < 1.29 is 10.2 Å². The summed E-state index contributed by atoms with van der Waals surface area (Å²) in [6.45, 7) is 2.29. The van der Waals surface area contributed by atoms with E-state index in [1.54, 1.807) is 7.05 Å². The van der Waals surface area contributed by atoms with Crippen LogP contribution < -0.4 is 5.32 Å². The van der Waals surface area contributed by atoms with Crippen LogP contribution in [0.4, 0.5) is 0 Å². The Labute approximate surface area is 55.7 Å². The maximum Gasteiger partial charge on any atom is 0.0922 e. The van der Waals surface area contributed by atoms with Crippen LogP contribution in [-0.2, 0) is 0 Å². The van der Waals surface area contributed by atoms with E-state index in [-0.39, 0.29) is 0 Å². The van der Waals surface area contributed by atoms with Gasteiger partial charge in [-0.25, -0.2) is 0 Å². The normalized spacial score (nSPS) is 17.3. The minimum atomic E-state index is -0.625. The van der Waals surface area contributed by atoms with E-state index in [1.807, 2.05) is 6.92 Å². The lowest BCUT2D eigenvalue weighted by Gasteiger charge is -2.14. The van der Waals surface area contributed by atoms with Crippen molar-refractivity contribution in [3.8, 4) is 0 Å². The second-order valence-corrected chi connectivity index (χ2v) is 2.10. The molecule has 3 heteroatoms. The maximum absolute atomic E-state index is 9.01. The Hall–Kier alpha value is -0.120. The van der Waals surface area contributed by atoms with E-state index >= 15 is 0 Å². The first-order chi connectivity index (χ1) is 4.22. The highest BCUT2D eigenvalue weighted by molar-refractivity contribution is 4.66. The lowest BCUT2D eigenvalue weighted by Crippen LogP contribution is -2.34. The van der Waals surface area contributed by atoms with Crippen LogP contribution in [0.25, 0.3) is 0 Å². The molecule has 0 bridgehead atoms. The molecule has 3 N–H and O–H groups in total. The number of likely N-dealkylation sites (N-methyl/N-ethyl adjacent to an activating group) is 1.